The van der Waals surface area contributed by atoms with E-state index in [-0.39, 0.29) is 18.6 Å². The normalized spacial score (nSPS) is 13.9. The SMILES string of the molecule is CC(NCCO)C(=O)OC(C)(C)C. The quantitative estimate of drug-likeness (QED) is 0.624. The number of ether oxygens (including phenoxy) is 1. The molecule has 78 valence electrons. The molecular formula is C9H19NO3. The van der Waals surface area contributed by atoms with Gasteiger partial charge in [0, 0.05) is 6.54 Å². The van der Waals surface area contributed by atoms with Crippen molar-refractivity contribution >= 4 is 5.97 Å². The highest BCUT2D eigenvalue weighted by atomic mass is 16.6. The third-order valence-electron chi connectivity index (χ3n) is 1.32. The summed E-state index contributed by atoms with van der Waals surface area (Å²) in [5, 5.41) is 11.3. The molecular weight excluding hydrogens is 170 g/mol. The summed E-state index contributed by atoms with van der Waals surface area (Å²) in [6.07, 6.45) is 0. The van der Waals surface area contributed by atoms with Crippen LogP contribution in [0.1, 0.15) is 27.7 Å². The fourth-order valence-electron chi connectivity index (χ4n) is 0.755. The molecule has 4 heteroatoms. The third kappa shape index (κ3) is 6.54. The molecule has 0 radical (unpaired) electrons. The van der Waals surface area contributed by atoms with Crippen LogP contribution in [-0.2, 0) is 9.53 Å². The first kappa shape index (κ1) is 12.4. The average molecular weight is 189 g/mol. The molecule has 0 aromatic heterocycles. The highest BCUT2D eigenvalue weighted by molar-refractivity contribution is 5.75. The molecule has 0 bridgehead atoms. The number of hydrogen-bond acceptors (Lipinski definition) is 4. The molecule has 2 N–H and O–H groups in total. The molecule has 0 rings (SSSR count). The number of aliphatic hydroxyl groups is 1. The van der Waals surface area contributed by atoms with Crippen LogP contribution >= 0.6 is 0 Å². The Bertz CT molecular complexity index is 163. The van der Waals surface area contributed by atoms with E-state index in [0.717, 1.165) is 0 Å². The molecule has 0 amide bonds. The van der Waals surface area contributed by atoms with Crippen LogP contribution < -0.4 is 5.32 Å². The van der Waals surface area contributed by atoms with Crippen molar-refractivity contribution in [2.24, 2.45) is 0 Å². The molecule has 0 aromatic rings. The van der Waals surface area contributed by atoms with E-state index in [9.17, 15) is 4.79 Å². The molecule has 1 unspecified atom stereocenters. The Balaban J connectivity index is 3.83. The molecule has 0 aliphatic heterocycles. The van der Waals surface area contributed by atoms with Crippen LogP contribution in [0.25, 0.3) is 0 Å². The van der Waals surface area contributed by atoms with Gasteiger partial charge in [0.05, 0.1) is 6.61 Å². The van der Waals surface area contributed by atoms with Crippen molar-refractivity contribution in [2.75, 3.05) is 13.2 Å². The third-order valence-corrected chi connectivity index (χ3v) is 1.32. The first-order valence-corrected chi connectivity index (χ1v) is 4.44. The van der Waals surface area contributed by atoms with E-state index in [1.807, 2.05) is 20.8 Å². The summed E-state index contributed by atoms with van der Waals surface area (Å²) in [5.41, 5.74) is -0.452. The minimum atomic E-state index is -0.452. The summed E-state index contributed by atoms with van der Waals surface area (Å²) in [6, 6.07) is -0.369. The number of carbonyl (C=O) groups is 1. The molecule has 0 aliphatic carbocycles. The number of nitrogens with one attached hydrogen (secondary N) is 1. The van der Waals surface area contributed by atoms with Crippen LogP contribution in [0, 0.1) is 0 Å². The second kappa shape index (κ2) is 5.19. The summed E-state index contributed by atoms with van der Waals surface area (Å²) in [4.78, 5) is 11.3. The fourth-order valence-corrected chi connectivity index (χ4v) is 0.755. The fraction of sp³-hybridized carbons (Fsp3) is 0.889. The smallest absolute Gasteiger partial charge is 0.323 e. The number of carbonyl (C=O) groups excluding carboxylic acids is 1. The Morgan fingerprint density at radius 2 is 2.08 bits per heavy atom. The minimum absolute atomic E-state index is 0.0210. The molecule has 0 spiro atoms. The summed E-state index contributed by atoms with van der Waals surface area (Å²) in [5.74, 6) is -0.291. The largest absolute Gasteiger partial charge is 0.459 e. The summed E-state index contributed by atoms with van der Waals surface area (Å²) < 4.78 is 5.11. The van der Waals surface area contributed by atoms with Crippen molar-refractivity contribution in [3.8, 4) is 0 Å². The van der Waals surface area contributed by atoms with E-state index in [4.69, 9.17) is 9.84 Å². The topological polar surface area (TPSA) is 58.6 Å². The average Bonchev–Trinajstić information content (AvgIpc) is 1.96. The van der Waals surface area contributed by atoms with Crippen LogP contribution in [0.4, 0.5) is 0 Å². The standard InChI is InChI=1S/C9H19NO3/c1-7(10-5-6-11)8(12)13-9(2,3)4/h7,10-11H,5-6H2,1-4H3. The second-order valence-electron chi connectivity index (χ2n) is 3.93. The van der Waals surface area contributed by atoms with Gasteiger partial charge in [0.25, 0.3) is 0 Å². The highest BCUT2D eigenvalue weighted by Crippen LogP contribution is 2.07. The first-order valence-electron chi connectivity index (χ1n) is 4.44. The maximum Gasteiger partial charge on any atom is 0.323 e. The van der Waals surface area contributed by atoms with E-state index >= 15 is 0 Å². The van der Waals surface area contributed by atoms with Gasteiger partial charge >= 0.3 is 5.97 Å². The lowest BCUT2D eigenvalue weighted by atomic mass is 10.2. The van der Waals surface area contributed by atoms with Crippen LogP contribution in [0.5, 0.6) is 0 Å². The van der Waals surface area contributed by atoms with Crippen LogP contribution in [0.2, 0.25) is 0 Å². The molecule has 1 atom stereocenters. The Morgan fingerprint density at radius 1 is 1.54 bits per heavy atom. The summed E-state index contributed by atoms with van der Waals surface area (Å²) in [7, 11) is 0. The van der Waals surface area contributed by atoms with Gasteiger partial charge in [-0.2, -0.15) is 0 Å². The van der Waals surface area contributed by atoms with Gasteiger partial charge < -0.3 is 15.2 Å². The maximum absolute atomic E-state index is 11.3. The van der Waals surface area contributed by atoms with Gasteiger partial charge in [0.15, 0.2) is 0 Å². The van der Waals surface area contributed by atoms with Crippen molar-refractivity contribution < 1.29 is 14.6 Å². The van der Waals surface area contributed by atoms with Crippen molar-refractivity contribution in [1.29, 1.82) is 0 Å². The predicted molar refractivity (Wildman–Crippen MR) is 50.4 cm³/mol. The monoisotopic (exact) mass is 189 g/mol. The minimum Gasteiger partial charge on any atom is -0.459 e. The Hall–Kier alpha value is -0.610. The van der Waals surface area contributed by atoms with E-state index in [0.29, 0.717) is 6.54 Å². The number of aliphatic hydroxyl groups excluding tert-OH is 1. The van der Waals surface area contributed by atoms with E-state index in [1.54, 1.807) is 6.92 Å². The molecule has 0 saturated carbocycles. The number of rotatable bonds is 4. The Labute approximate surface area is 79.3 Å². The second-order valence-corrected chi connectivity index (χ2v) is 3.93. The molecule has 0 saturated heterocycles. The van der Waals surface area contributed by atoms with Crippen LogP contribution in [0.15, 0.2) is 0 Å². The Morgan fingerprint density at radius 3 is 2.46 bits per heavy atom. The molecule has 0 aromatic carbocycles. The molecule has 0 fully saturated rings. The zero-order valence-electron chi connectivity index (χ0n) is 8.76. The molecule has 0 aliphatic rings. The van der Waals surface area contributed by atoms with E-state index < -0.39 is 5.60 Å². The number of hydrogen-bond donors (Lipinski definition) is 2. The zero-order chi connectivity index (χ0) is 10.5. The summed E-state index contributed by atoms with van der Waals surface area (Å²) in [6.45, 7) is 7.61. The van der Waals surface area contributed by atoms with Crippen molar-refractivity contribution in [2.45, 2.75) is 39.3 Å². The van der Waals surface area contributed by atoms with Gasteiger partial charge in [-0.05, 0) is 27.7 Å². The molecule has 13 heavy (non-hydrogen) atoms. The van der Waals surface area contributed by atoms with Gasteiger partial charge in [0.2, 0.25) is 0 Å². The molecule has 0 heterocycles. The van der Waals surface area contributed by atoms with Crippen molar-refractivity contribution in [1.82, 2.24) is 5.32 Å². The van der Waals surface area contributed by atoms with Gasteiger partial charge in [0.1, 0.15) is 11.6 Å². The first-order chi connectivity index (χ1) is 5.87. The van der Waals surface area contributed by atoms with E-state index in [1.165, 1.54) is 0 Å². The predicted octanol–water partition coefficient (Wildman–Crippen LogP) is 0.298. The molecule has 4 nitrogen and oxygen atoms in total. The zero-order valence-corrected chi connectivity index (χ0v) is 8.76. The number of esters is 1. The Kier molecular flexibility index (Phi) is 4.95. The van der Waals surface area contributed by atoms with Crippen LogP contribution in [0.3, 0.4) is 0 Å². The summed E-state index contributed by atoms with van der Waals surface area (Å²) >= 11 is 0. The van der Waals surface area contributed by atoms with Crippen LogP contribution in [-0.4, -0.2) is 35.9 Å². The lowest BCUT2D eigenvalue weighted by molar-refractivity contribution is -0.156. The van der Waals surface area contributed by atoms with Gasteiger partial charge in [-0.1, -0.05) is 0 Å². The maximum atomic E-state index is 11.3. The van der Waals surface area contributed by atoms with Crippen molar-refractivity contribution in [3.05, 3.63) is 0 Å². The lowest BCUT2D eigenvalue weighted by Gasteiger charge is -2.22. The van der Waals surface area contributed by atoms with Gasteiger partial charge in [-0.25, -0.2) is 0 Å². The van der Waals surface area contributed by atoms with Gasteiger partial charge in [-0.3, -0.25) is 4.79 Å². The highest BCUT2D eigenvalue weighted by Gasteiger charge is 2.20. The van der Waals surface area contributed by atoms with Gasteiger partial charge in [-0.15, -0.1) is 0 Å². The van der Waals surface area contributed by atoms with Crippen molar-refractivity contribution in [3.63, 3.8) is 0 Å². The van der Waals surface area contributed by atoms with E-state index in [2.05, 4.69) is 5.32 Å². The lowest BCUT2D eigenvalue weighted by Crippen LogP contribution is -2.40.